The van der Waals surface area contributed by atoms with Crippen LogP contribution in [0.1, 0.15) is 30.4 Å². The Morgan fingerprint density at radius 3 is 3.07 bits per heavy atom. The van der Waals surface area contributed by atoms with Crippen molar-refractivity contribution in [1.29, 1.82) is 0 Å². The molecule has 2 fully saturated rings. The second kappa shape index (κ2) is 5.81. The number of hydrogen-bond donors (Lipinski definition) is 1. The van der Waals surface area contributed by atoms with Gasteiger partial charge < -0.3 is 24.2 Å². The Bertz CT molecular complexity index is 897. The predicted molar refractivity (Wildman–Crippen MR) is 98.6 cm³/mol. The van der Waals surface area contributed by atoms with Crippen LogP contribution in [0.25, 0.3) is 0 Å². The van der Waals surface area contributed by atoms with Gasteiger partial charge >= 0.3 is 6.16 Å². The highest BCUT2D eigenvalue weighted by Crippen LogP contribution is 2.64. The number of rotatable bonds is 3. The maximum atomic E-state index is 12.8. The molecular formula is C21H23NO6. The maximum absolute atomic E-state index is 12.8. The Labute approximate surface area is 162 Å². The molecule has 2 unspecified atom stereocenters. The van der Waals surface area contributed by atoms with E-state index in [4.69, 9.17) is 14.2 Å². The first kappa shape index (κ1) is 17.7. The number of likely N-dealkylation sites (N-methyl/N-ethyl adjacent to an activating group) is 1. The van der Waals surface area contributed by atoms with Gasteiger partial charge in [-0.1, -0.05) is 18.7 Å². The largest absolute Gasteiger partial charge is 0.514 e. The molecule has 4 aliphatic rings. The van der Waals surface area contributed by atoms with E-state index in [1.165, 1.54) is 6.08 Å². The number of carbonyl (C=O) groups excluding carboxylic acids is 2. The van der Waals surface area contributed by atoms with Crippen LogP contribution in [0.5, 0.6) is 11.5 Å². The maximum Gasteiger partial charge on any atom is 0.514 e. The number of ether oxygens (including phenoxy) is 3. The minimum atomic E-state index is -1.04. The van der Waals surface area contributed by atoms with E-state index in [0.717, 1.165) is 17.7 Å². The molecule has 1 spiro atoms. The highest BCUT2D eigenvalue weighted by molar-refractivity contribution is 5.90. The number of likely N-dealkylation sites (tertiary alicyclic amines) is 1. The molecule has 148 valence electrons. The lowest BCUT2D eigenvalue weighted by molar-refractivity contribution is -0.185. The van der Waals surface area contributed by atoms with Crippen molar-refractivity contribution in [3.05, 3.63) is 35.9 Å². The molecule has 4 atom stereocenters. The molecular weight excluding hydrogens is 362 g/mol. The third-order valence-electron chi connectivity index (χ3n) is 7.02. The number of hydrogen-bond acceptors (Lipinski definition) is 7. The van der Waals surface area contributed by atoms with Gasteiger partial charge in [-0.05, 0) is 44.5 Å². The first-order chi connectivity index (χ1) is 13.4. The zero-order chi connectivity index (χ0) is 19.7. The topological polar surface area (TPSA) is 85.3 Å². The molecule has 0 amide bonds. The summed E-state index contributed by atoms with van der Waals surface area (Å²) in [7, 11) is 2.02. The molecule has 7 nitrogen and oxygen atoms in total. The lowest BCUT2D eigenvalue weighted by Crippen LogP contribution is -2.76. The Morgan fingerprint density at radius 2 is 2.29 bits per heavy atom. The van der Waals surface area contributed by atoms with Gasteiger partial charge in [0, 0.05) is 18.0 Å². The van der Waals surface area contributed by atoms with E-state index in [1.807, 2.05) is 13.1 Å². The second-order valence-electron chi connectivity index (χ2n) is 8.19. The van der Waals surface area contributed by atoms with Crippen LogP contribution >= 0.6 is 0 Å². The summed E-state index contributed by atoms with van der Waals surface area (Å²) >= 11 is 0. The third kappa shape index (κ3) is 2.01. The van der Waals surface area contributed by atoms with E-state index in [-0.39, 0.29) is 30.6 Å². The van der Waals surface area contributed by atoms with Crippen LogP contribution in [0.4, 0.5) is 4.79 Å². The second-order valence-corrected chi connectivity index (χ2v) is 8.19. The van der Waals surface area contributed by atoms with Gasteiger partial charge in [-0.15, -0.1) is 0 Å². The quantitative estimate of drug-likeness (QED) is 0.482. The molecule has 28 heavy (non-hydrogen) atoms. The summed E-state index contributed by atoms with van der Waals surface area (Å²) < 4.78 is 16.4. The predicted octanol–water partition coefficient (Wildman–Crippen LogP) is 1.74. The van der Waals surface area contributed by atoms with E-state index in [0.29, 0.717) is 25.0 Å². The Morgan fingerprint density at radius 1 is 1.46 bits per heavy atom. The van der Waals surface area contributed by atoms with Gasteiger partial charge in [0.15, 0.2) is 23.4 Å². The van der Waals surface area contributed by atoms with Crippen molar-refractivity contribution in [3.63, 3.8) is 0 Å². The SMILES string of the molecule is C=CCOC(=O)Oc1ccc2c3c1O[C@H]1C(=O)CCC4(O)[C@@H](C2)N(C)CCC314. The van der Waals surface area contributed by atoms with Crippen LogP contribution in [-0.2, 0) is 21.4 Å². The van der Waals surface area contributed by atoms with Gasteiger partial charge in [0.05, 0.1) is 11.0 Å². The van der Waals surface area contributed by atoms with Crippen LogP contribution in [0.15, 0.2) is 24.8 Å². The number of aliphatic hydroxyl groups is 1. The molecule has 1 saturated carbocycles. The van der Waals surface area contributed by atoms with E-state index in [2.05, 4.69) is 11.5 Å². The first-order valence-electron chi connectivity index (χ1n) is 9.66. The van der Waals surface area contributed by atoms with Gasteiger partial charge in [0.1, 0.15) is 6.61 Å². The van der Waals surface area contributed by atoms with E-state index in [1.54, 1.807) is 6.07 Å². The summed E-state index contributed by atoms with van der Waals surface area (Å²) in [5, 5.41) is 11.9. The van der Waals surface area contributed by atoms with Crippen molar-refractivity contribution >= 4 is 11.9 Å². The zero-order valence-corrected chi connectivity index (χ0v) is 15.8. The summed E-state index contributed by atoms with van der Waals surface area (Å²) in [5.41, 5.74) is 0.0534. The highest BCUT2D eigenvalue weighted by Gasteiger charge is 2.72. The van der Waals surface area contributed by atoms with Crippen LogP contribution in [-0.4, -0.2) is 59.9 Å². The van der Waals surface area contributed by atoms with Crippen LogP contribution < -0.4 is 9.47 Å². The van der Waals surface area contributed by atoms with Gasteiger partial charge in [-0.2, -0.15) is 0 Å². The number of ketones is 1. The average Bonchev–Trinajstić information content (AvgIpc) is 3.03. The summed E-state index contributed by atoms with van der Waals surface area (Å²) in [6.45, 7) is 4.31. The van der Waals surface area contributed by atoms with Crippen LogP contribution in [0.3, 0.4) is 0 Å². The molecule has 5 rings (SSSR count). The molecule has 1 N–H and O–H groups in total. The third-order valence-corrected chi connectivity index (χ3v) is 7.02. The van der Waals surface area contributed by atoms with Crippen molar-refractivity contribution in [2.24, 2.45) is 0 Å². The highest BCUT2D eigenvalue weighted by atomic mass is 16.7. The van der Waals surface area contributed by atoms with Gasteiger partial charge in [-0.3, -0.25) is 4.79 Å². The molecule has 1 saturated heterocycles. The van der Waals surface area contributed by atoms with Crippen molar-refractivity contribution in [2.45, 2.75) is 48.8 Å². The lowest BCUT2D eigenvalue weighted by Gasteiger charge is -2.61. The molecule has 2 heterocycles. The fraction of sp³-hybridized carbons (Fsp3) is 0.524. The molecule has 2 aliphatic heterocycles. The van der Waals surface area contributed by atoms with Crippen molar-refractivity contribution < 1.29 is 28.9 Å². The smallest absolute Gasteiger partial charge is 0.477 e. The normalized spacial score (nSPS) is 35.0. The minimum absolute atomic E-state index is 0.00258. The van der Waals surface area contributed by atoms with Gasteiger partial charge in [-0.25, -0.2) is 4.79 Å². The van der Waals surface area contributed by atoms with Crippen LogP contribution in [0, 0.1) is 0 Å². The molecule has 1 aromatic rings. The molecule has 2 bridgehead atoms. The van der Waals surface area contributed by atoms with E-state index in [9.17, 15) is 14.7 Å². The molecule has 2 aliphatic carbocycles. The summed E-state index contributed by atoms with van der Waals surface area (Å²) in [4.78, 5) is 27.0. The molecule has 7 heteroatoms. The lowest BCUT2D eigenvalue weighted by atomic mass is 9.49. The standard InChI is InChI=1S/C21H23NO6/c1-3-10-26-19(24)27-14-5-4-12-11-15-21(25)7-6-13(23)18-20(21,8-9-22(15)2)16(12)17(14)28-18/h3-5,15,18,25H,1,6-11H2,2H3/t15-,18+,20?,21?/m1/s1. The Balaban J connectivity index is 1.65. The van der Waals surface area contributed by atoms with Crippen LogP contribution in [0.2, 0.25) is 0 Å². The summed E-state index contributed by atoms with van der Waals surface area (Å²) in [5.74, 6) is 0.621. The van der Waals surface area contributed by atoms with Crippen molar-refractivity contribution in [1.82, 2.24) is 4.90 Å². The zero-order valence-electron chi connectivity index (χ0n) is 15.8. The molecule has 0 aromatic heterocycles. The van der Waals surface area contributed by atoms with Crippen molar-refractivity contribution in [3.8, 4) is 11.5 Å². The van der Waals surface area contributed by atoms with Crippen molar-refractivity contribution in [2.75, 3.05) is 20.2 Å². The minimum Gasteiger partial charge on any atom is -0.477 e. The fourth-order valence-electron chi connectivity index (χ4n) is 5.85. The van der Waals surface area contributed by atoms with E-state index >= 15 is 0 Å². The summed E-state index contributed by atoms with van der Waals surface area (Å²) in [6, 6.07) is 3.53. The number of Topliss-reactive ketones (excluding diaryl/α,β-unsaturated/α-hetero) is 1. The monoisotopic (exact) mass is 385 g/mol. The number of piperidine rings is 1. The van der Waals surface area contributed by atoms with E-state index < -0.39 is 23.3 Å². The average molecular weight is 385 g/mol. The number of nitrogens with zero attached hydrogens (tertiary/aromatic N) is 1. The summed E-state index contributed by atoms with van der Waals surface area (Å²) in [6.07, 6.45) is 1.85. The van der Waals surface area contributed by atoms with Gasteiger partial charge in [0.25, 0.3) is 0 Å². The Kier molecular flexibility index (Phi) is 3.67. The Hall–Kier alpha value is -2.38. The molecule has 0 radical (unpaired) electrons. The van der Waals surface area contributed by atoms with Gasteiger partial charge in [0.2, 0.25) is 0 Å². The number of carbonyl (C=O) groups is 2. The first-order valence-corrected chi connectivity index (χ1v) is 9.66. The fourth-order valence-corrected chi connectivity index (χ4v) is 5.85. The molecule has 1 aromatic carbocycles. The number of benzene rings is 1.